The molecule has 1 aliphatic rings. The smallest absolute Gasteiger partial charge is 0.300 e. The molecule has 8 nitrogen and oxygen atoms in total. The van der Waals surface area contributed by atoms with Gasteiger partial charge in [-0.25, -0.2) is 4.39 Å². The number of carbonyl (C=O) groups excluding carboxylic acids is 1. The van der Waals surface area contributed by atoms with E-state index < -0.39 is 17.8 Å². The molecule has 0 aromatic heterocycles. The minimum Gasteiger partial charge on any atom is -0.481 e. The molecule has 0 radical (unpaired) electrons. The van der Waals surface area contributed by atoms with E-state index >= 15 is 0 Å². The van der Waals surface area contributed by atoms with Crippen LogP contribution in [0.4, 0.5) is 4.39 Å². The summed E-state index contributed by atoms with van der Waals surface area (Å²) in [5, 5.41) is 17.9. The van der Waals surface area contributed by atoms with Gasteiger partial charge in [0.1, 0.15) is 5.82 Å². The molecule has 0 spiro atoms. The summed E-state index contributed by atoms with van der Waals surface area (Å²) < 4.78 is 13.1. The van der Waals surface area contributed by atoms with Crippen LogP contribution in [-0.2, 0) is 20.9 Å². The molecule has 0 aliphatic carbocycles. The summed E-state index contributed by atoms with van der Waals surface area (Å²) in [5.74, 6) is -2.07. The molecule has 0 unspecified atom stereocenters. The Morgan fingerprint density at radius 3 is 2.19 bits per heavy atom. The second-order valence-corrected chi connectivity index (χ2v) is 8.02. The van der Waals surface area contributed by atoms with Gasteiger partial charge in [0.15, 0.2) is 0 Å². The van der Waals surface area contributed by atoms with Gasteiger partial charge in [-0.15, -0.1) is 0 Å². The van der Waals surface area contributed by atoms with Gasteiger partial charge in [0.2, 0.25) is 5.91 Å². The van der Waals surface area contributed by atoms with E-state index in [1.165, 1.54) is 6.07 Å². The molecule has 176 valence electrons. The molecule has 1 aromatic rings. The lowest BCUT2D eigenvalue weighted by Crippen LogP contribution is -2.39. The van der Waals surface area contributed by atoms with Crippen molar-refractivity contribution in [3.05, 3.63) is 34.6 Å². The van der Waals surface area contributed by atoms with Crippen LogP contribution in [0.15, 0.2) is 18.2 Å². The minimum atomic E-state index is -0.833. The summed E-state index contributed by atoms with van der Waals surface area (Å²) in [5.41, 5.74) is 0.804. The summed E-state index contributed by atoms with van der Waals surface area (Å²) in [6.45, 7) is 4.28. The highest BCUT2D eigenvalue weighted by molar-refractivity contribution is 6.30. The van der Waals surface area contributed by atoms with Crippen LogP contribution in [0.25, 0.3) is 0 Å². The fourth-order valence-electron chi connectivity index (χ4n) is 3.01. The van der Waals surface area contributed by atoms with Crippen molar-refractivity contribution in [2.75, 3.05) is 34.2 Å². The molecule has 31 heavy (non-hydrogen) atoms. The van der Waals surface area contributed by atoms with Crippen LogP contribution in [0.5, 0.6) is 0 Å². The lowest BCUT2D eigenvalue weighted by atomic mass is 10.0. The Morgan fingerprint density at radius 1 is 1.16 bits per heavy atom. The minimum absolute atomic E-state index is 0.0131. The highest BCUT2D eigenvalue weighted by atomic mass is 35.5. The number of hydrogen-bond donors (Lipinski definition) is 3. The molecule has 1 fully saturated rings. The zero-order valence-corrected chi connectivity index (χ0v) is 19.4. The van der Waals surface area contributed by atoms with E-state index in [9.17, 15) is 9.18 Å². The molecule has 10 heteroatoms. The first-order valence-corrected chi connectivity index (χ1v) is 10.2. The molecule has 1 saturated heterocycles. The molecule has 3 N–H and O–H groups in total. The Kier molecular flexibility index (Phi) is 13.7. The van der Waals surface area contributed by atoms with E-state index in [-0.39, 0.29) is 16.8 Å². The summed E-state index contributed by atoms with van der Waals surface area (Å²) in [7, 11) is 6.22. The second-order valence-electron chi connectivity index (χ2n) is 7.62. The van der Waals surface area contributed by atoms with Crippen molar-refractivity contribution in [2.24, 2.45) is 5.92 Å². The van der Waals surface area contributed by atoms with Crippen molar-refractivity contribution in [3.63, 3.8) is 0 Å². The number of likely N-dealkylation sites (N-methyl/N-ethyl adjacent to an activating group) is 2. The molecule has 1 aromatic carbocycles. The third-order valence-corrected chi connectivity index (χ3v) is 4.74. The van der Waals surface area contributed by atoms with Crippen LogP contribution in [-0.4, -0.2) is 78.1 Å². The number of halogens is 2. The number of carboxylic acids is 2. The number of aliphatic carboxylic acids is 2. The standard InChI is InChI=1S/C17H25ClFN3O.2C2H4O2/c1-21(2)14-6-5-13(10-22(3)11-14)17(23)20-9-12-4-7-16(19)15(18)8-12;2*1-2(3)4/h4,7-8,13-14H,5-6,9-11H2,1-3H3,(H,20,23);2*1H3,(H,3,4)/t13-,14+;;/m1../s1. The topological polar surface area (TPSA) is 110 Å². The predicted octanol–water partition coefficient (Wildman–Crippen LogP) is 2.55. The summed E-state index contributed by atoms with van der Waals surface area (Å²) in [6.07, 6.45) is 1.89. The van der Waals surface area contributed by atoms with Crippen LogP contribution >= 0.6 is 11.6 Å². The second kappa shape index (κ2) is 14.7. The van der Waals surface area contributed by atoms with Crippen LogP contribution in [0, 0.1) is 11.7 Å². The van der Waals surface area contributed by atoms with Crippen LogP contribution < -0.4 is 5.32 Å². The number of benzene rings is 1. The van der Waals surface area contributed by atoms with Crippen molar-refractivity contribution in [1.82, 2.24) is 15.1 Å². The lowest BCUT2D eigenvalue weighted by Gasteiger charge is -2.25. The Morgan fingerprint density at radius 2 is 1.71 bits per heavy atom. The number of nitrogens with zero attached hydrogens (tertiary/aromatic N) is 2. The number of likely N-dealkylation sites (tertiary alicyclic amines) is 1. The number of hydrogen-bond acceptors (Lipinski definition) is 5. The molecule has 1 amide bonds. The number of amides is 1. The zero-order chi connectivity index (χ0) is 24.1. The highest BCUT2D eigenvalue weighted by Gasteiger charge is 2.27. The number of nitrogens with one attached hydrogen (secondary N) is 1. The van der Waals surface area contributed by atoms with Crippen LogP contribution in [0.1, 0.15) is 32.3 Å². The van der Waals surface area contributed by atoms with Gasteiger partial charge in [-0.1, -0.05) is 17.7 Å². The van der Waals surface area contributed by atoms with Gasteiger partial charge in [0.25, 0.3) is 11.9 Å². The molecule has 2 rings (SSSR count). The molecule has 2 atom stereocenters. The average molecular weight is 462 g/mol. The van der Waals surface area contributed by atoms with E-state index in [1.54, 1.807) is 12.1 Å². The number of carbonyl (C=O) groups is 3. The third-order valence-electron chi connectivity index (χ3n) is 4.45. The molecular formula is C21H33ClFN3O5. The fraction of sp³-hybridized carbons (Fsp3) is 0.571. The van der Waals surface area contributed by atoms with E-state index in [0.29, 0.717) is 12.6 Å². The van der Waals surface area contributed by atoms with Crippen LogP contribution in [0.2, 0.25) is 5.02 Å². The molecule has 1 heterocycles. The van der Waals surface area contributed by atoms with Crippen molar-refractivity contribution < 1.29 is 29.0 Å². The van der Waals surface area contributed by atoms with E-state index in [1.807, 2.05) is 0 Å². The van der Waals surface area contributed by atoms with Gasteiger partial charge in [-0.3, -0.25) is 14.4 Å². The summed E-state index contributed by atoms with van der Waals surface area (Å²) in [4.78, 5) is 34.9. The summed E-state index contributed by atoms with van der Waals surface area (Å²) in [6, 6.07) is 5.00. The van der Waals surface area contributed by atoms with E-state index in [2.05, 4.69) is 36.3 Å². The Hall–Kier alpha value is -2.23. The van der Waals surface area contributed by atoms with Crippen LogP contribution in [0.3, 0.4) is 0 Å². The molecular weight excluding hydrogens is 429 g/mol. The normalized spacial score (nSPS) is 18.6. The number of carboxylic acid groups (broad SMARTS) is 2. The maximum absolute atomic E-state index is 13.1. The third kappa shape index (κ3) is 13.6. The van der Waals surface area contributed by atoms with Gasteiger partial charge in [-0.05, 0) is 51.7 Å². The SMILES string of the molecule is CC(=O)O.CC(=O)O.CN1C[C@H](C(=O)NCc2ccc(F)c(Cl)c2)CC[C@H](N(C)C)C1. The van der Waals surface area contributed by atoms with Gasteiger partial charge < -0.3 is 25.3 Å². The zero-order valence-electron chi connectivity index (χ0n) is 18.7. The van der Waals surface area contributed by atoms with Gasteiger partial charge in [0, 0.05) is 39.5 Å². The largest absolute Gasteiger partial charge is 0.481 e. The van der Waals surface area contributed by atoms with Crippen molar-refractivity contribution >= 4 is 29.4 Å². The molecule has 0 saturated carbocycles. The maximum atomic E-state index is 13.1. The van der Waals surface area contributed by atoms with Crippen molar-refractivity contribution in [1.29, 1.82) is 0 Å². The molecule has 1 aliphatic heterocycles. The fourth-order valence-corrected chi connectivity index (χ4v) is 3.21. The average Bonchev–Trinajstić information content (AvgIpc) is 2.83. The lowest BCUT2D eigenvalue weighted by molar-refractivity contribution is -0.135. The van der Waals surface area contributed by atoms with Crippen molar-refractivity contribution in [3.8, 4) is 0 Å². The monoisotopic (exact) mass is 461 g/mol. The predicted molar refractivity (Wildman–Crippen MR) is 118 cm³/mol. The first-order chi connectivity index (χ1) is 14.3. The Labute approximate surface area is 188 Å². The van der Waals surface area contributed by atoms with Gasteiger partial charge >= 0.3 is 0 Å². The first-order valence-electron chi connectivity index (χ1n) is 9.79. The highest BCUT2D eigenvalue weighted by Crippen LogP contribution is 2.19. The Balaban J connectivity index is 0.000000967. The van der Waals surface area contributed by atoms with E-state index in [0.717, 1.165) is 45.3 Å². The maximum Gasteiger partial charge on any atom is 0.300 e. The summed E-state index contributed by atoms with van der Waals surface area (Å²) >= 11 is 5.77. The van der Waals surface area contributed by atoms with Crippen molar-refractivity contribution in [2.45, 2.75) is 39.3 Å². The van der Waals surface area contributed by atoms with Gasteiger partial charge in [-0.2, -0.15) is 0 Å². The first kappa shape index (κ1) is 28.8. The Bertz CT molecular complexity index is 713. The quantitative estimate of drug-likeness (QED) is 0.632. The number of rotatable bonds is 4. The molecule has 0 bridgehead atoms. The van der Waals surface area contributed by atoms with E-state index in [4.69, 9.17) is 31.4 Å². The van der Waals surface area contributed by atoms with Gasteiger partial charge in [0.05, 0.1) is 10.9 Å².